The summed E-state index contributed by atoms with van der Waals surface area (Å²) in [4.78, 5) is 12.6. The van der Waals surface area contributed by atoms with Gasteiger partial charge < -0.3 is 14.6 Å². The molecule has 26 heavy (non-hydrogen) atoms. The largest absolute Gasteiger partial charge is 0.494 e. The Morgan fingerprint density at radius 2 is 1.96 bits per heavy atom. The lowest BCUT2D eigenvalue weighted by molar-refractivity contribution is 0.0742. The van der Waals surface area contributed by atoms with Crippen molar-refractivity contribution >= 4 is 5.91 Å². The molecule has 1 N–H and O–H groups in total. The summed E-state index contributed by atoms with van der Waals surface area (Å²) in [6, 6.07) is 4.05. The van der Waals surface area contributed by atoms with Crippen LogP contribution in [0.3, 0.4) is 0 Å². The lowest BCUT2D eigenvalue weighted by Gasteiger charge is -2.19. The monoisotopic (exact) mass is 366 g/mol. The highest BCUT2D eigenvalue weighted by atomic mass is 19.3. The number of aryl methyl sites for hydroxylation is 1. The molecule has 0 bridgehead atoms. The summed E-state index contributed by atoms with van der Waals surface area (Å²) in [5.74, 6) is -1.38. The number of benzene rings is 1. The number of hydrogen-bond acceptors (Lipinski definition) is 2. The number of aromatic nitrogens is 1. The van der Waals surface area contributed by atoms with Gasteiger partial charge in [0.2, 0.25) is 0 Å². The van der Waals surface area contributed by atoms with Gasteiger partial charge in [0.15, 0.2) is 11.6 Å². The molecule has 0 spiro atoms. The molecule has 1 atom stereocenters. The predicted molar refractivity (Wildman–Crippen MR) is 91.3 cm³/mol. The van der Waals surface area contributed by atoms with E-state index in [4.69, 9.17) is 4.74 Å². The minimum atomic E-state index is -2.88. The first-order chi connectivity index (χ1) is 12.3. The molecule has 0 radical (unpaired) electrons. The van der Waals surface area contributed by atoms with Crippen molar-refractivity contribution in [2.24, 2.45) is 0 Å². The molecular formula is C19H21F3N2O2. The van der Waals surface area contributed by atoms with Crippen molar-refractivity contribution in [2.45, 2.75) is 45.2 Å². The van der Waals surface area contributed by atoms with Crippen LogP contribution in [-0.4, -0.2) is 24.0 Å². The highest BCUT2D eigenvalue weighted by Crippen LogP contribution is 2.38. The molecule has 4 nitrogen and oxygen atoms in total. The summed E-state index contributed by atoms with van der Waals surface area (Å²) in [5, 5.41) is 2.34. The quantitative estimate of drug-likeness (QED) is 0.827. The molecule has 1 unspecified atom stereocenters. The zero-order chi connectivity index (χ0) is 19.0. The van der Waals surface area contributed by atoms with Gasteiger partial charge in [-0.15, -0.1) is 0 Å². The van der Waals surface area contributed by atoms with Crippen molar-refractivity contribution in [3.63, 3.8) is 0 Å². The van der Waals surface area contributed by atoms with E-state index in [1.54, 1.807) is 6.07 Å². The van der Waals surface area contributed by atoms with Crippen LogP contribution < -0.4 is 10.1 Å². The van der Waals surface area contributed by atoms with Crippen LogP contribution in [0.15, 0.2) is 24.3 Å². The maximum absolute atomic E-state index is 13.9. The van der Waals surface area contributed by atoms with Crippen molar-refractivity contribution < 1.29 is 22.7 Å². The Bertz CT molecular complexity index is 828. The summed E-state index contributed by atoms with van der Waals surface area (Å²) < 4.78 is 47.8. The number of nitrogens with zero attached hydrogens (tertiary/aromatic N) is 1. The summed E-state index contributed by atoms with van der Waals surface area (Å²) in [7, 11) is 1.29. The molecule has 1 saturated carbocycles. The fourth-order valence-corrected chi connectivity index (χ4v) is 3.29. The topological polar surface area (TPSA) is 43.3 Å². The van der Waals surface area contributed by atoms with Gasteiger partial charge in [0.1, 0.15) is 6.04 Å². The molecule has 1 amide bonds. The van der Waals surface area contributed by atoms with Gasteiger partial charge in [-0.2, -0.15) is 0 Å². The first-order valence-electron chi connectivity index (χ1n) is 8.44. The molecule has 3 rings (SSSR count). The SMILES string of the molecule is COc1ccc(C(NC(=O)c2cc(C)n(C3CC3)c2C)C(F)F)cc1F. The molecule has 1 heterocycles. The average Bonchev–Trinajstić information content (AvgIpc) is 3.37. The molecule has 0 aliphatic heterocycles. The van der Waals surface area contributed by atoms with Gasteiger partial charge in [-0.3, -0.25) is 4.79 Å². The zero-order valence-corrected chi connectivity index (χ0v) is 14.9. The van der Waals surface area contributed by atoms with Gasteiger partial charge in [0.25, 0.3) is 12.3 Å². The number of hydrogen-bond donors (Lipinski definition) is 1. The second-order valence-electron chi connectivity index (χ2n) is 6.57. The molecule has 0 saturated heterocycles. The third-order valence-corrected chi connectivity index (χ3v) is 4.71. The van der Waals surface area contributed by atoms with E-state index in [-0.39, 0.29) is 11.3 Å². The van der Waals surface area contributed by atoms with Crippen molar-refractivity contribution in [3.8, 4) is 5.75 Å². The lowest BCUT2D eigenvalue weighted by Crippen LogP contribution is -2.33. The smallest absolute Gasteiger partial charge is 0.262 e. The second kappa shape index (κ2) is 7.05. The van der Waals surface area contributed by atoms with E-state index in [1.807, 2.05) is 13.8 Å². The summed E-state index contributed by atoms with van der Waals surface area (Å²) in [5.41, 5.74) is 2.05. The van der Waals surface area contributed by atoms with Crippen LogP contribution in [0.2, 0.25) is 0 Å². The first kappa shape index (κ1) is 18.4. The van der Waals surface area contributed by atoms with Crippen LogP contribution in [0, 0.1) is 19.7 Å². The first-order valence-corrected chi connectivity index (χ1v) is 8.44. The standard InChI is InChI=1S/C19H21F3N2O2/c1-10-8-14(11(2)24(10)13-5-6-13)19(25)23-17(18(21)22)12-4-7-16(26-3)15(20)9-12/h4,7-9,13,17-18H,5-6H2,1-3H3,(H,23,25). The maximum Gasteiger partial charge on any atom is 0.262 e. The maximum atomic E-state index is 13.9. The van der Waals surface area contributed by atoms with E-state index >= 15 is 0 Å². The third kappa shape index (κ3) is 3.43. The van der Waals surface area contributed by atoms with Gasteiger partial charge in [-0.05, 0) is 50.5 Å². The van der Waals surface area contributed by atoms with Gasteiger partial charge in [0, 0.05) is 17.4 Å². The minimum Gasteiger partial charge on any atom is -0.494 e. The summed E-state index contributed by atoms with van der Waals surface area (Å²) in [6.45, 7) is 3.70. The molecular weight excluding hydrogens is 345 g/mol. The van der Waals surface area contributed by atoms with E-state index in [9.17, 15) is 18.0 Å². The van der Waals surface area contributed by atoms with Crippen LogP contribution in [0.5, 0.6) is 5.75 Å². The number of amides is 1. The minimum absolute atomic E-state index is 0.0114. The Labute approximate surface area is 150 Å². The van der Waals surface area contributed by atoms with Gasteiger partial charge in [-0.1, -0.05) is 6.07 Å². The Hall–Kier alpha value is -2.44. The fraction of sp³-hybridized carbons (Fsp3) is 0.421. The normalized spacial score (nSPS) is 15.2. The van der Waals surface area contributed by atoms with Gasteiger partial charge in [0.05, 0.1) is 12.7 Å². The van der Waals surface area contributed by atoms with Crippen molar-refractivity contribution in [3.05, 3.63) is 52.6 Å². The van der Waals surface area contributed by atoms with Crippen molar-refractivity contribution in [1.82, 2.24) is 9.88 Å². The highest BCUT2D eigenvalue weighted by Gasteiger charge is 2.30. The molecule has 1 fully saturated rings. The summed E-state index contributed by atoms with van der Waals surface area (Å²) >= 11 is 0. The molecule has 7 heteroatoms. The predicted octanol–water partition coefficient (Wildman–Crippen LogP) is 4.32. The van der Waals surface area contributed by atoms with E-state index < -0.39 is 24.2 Å². The molecule has 2 aromatic rings. The van der Waals surface area contributed by atoms with Gasteiger partial charge >= 0.3 is 0 Å². The Morgan fingerprint density at radius 1 is 1.27 bits per heavy atom. The number of carbonyl (C=O) groups excluding carboxylic acids is 1. The highest BCUT2D eigenvalue weighted by molar-refractivity contribution is 5.96. The molecule has 1 aliphatic carbocycles. The second-order valence-corrected chi connectivity index (χ2v) is 6.57. The number of methoxy groups -OCH3 is 1. The molecule has 140 valence electrons. The number of alkyl halides is 2. The third-order valence-electron chi connectivity index (χ3n) is 4.71. The van der Waals surface area contributed by atoms with Crippen molar-refractivity contribution in [1.29, 1.82) is 0 Å². The van der Waals surface area contributed by atoms with Crippen molar-refractivity contribution in [2.75, 3.05) is 7.11 Å². The van der Waals surface area contributed by atoms with Crippen LogP contribution in [0.1, 0.15) is 52.2 Å². The number of ether oxygens (including phenoxy) is 1. The van der Waals surface area contributed by atoms with E-state index in [1.165, 1.54) is 19.2 Å². The van der Waals surface area contributed by atoms with Gasteiger partial charge in [-0.25, -0.2) is 13.2 Å². The Balaban J connectivity index is 1.85. The lowest BCUT2D eigenvalue weighted by atomic mass is 10.1. The molecule has 1 aromatic heterocycles. The van der Waals surface area contributed by atoms with Crippen LogP contribution in [0.4, 0.5) is 13.2 Å². The summed E-state index contributed by atoms with van der Waals surface area (Å²) in [6.07, 6.45) is -0.761. The number of nitrogens with one attached hydrogen (secondary N) is 1. The van der Waals surface area contributed by atoms with E-state index in [0.717, 1.165) is 30.3 Å². The Kier molecular flexibility index (Phi) is 4.98. The number of rotatable bonds is 6. The van der Waals surface area contributed by atoms with E-state index in [0.29, 0.717) is 11.6 Å². The van der Waals surface area contributed by atoms with Crippen LogP contribution in [-0.2, 0) is 0 Å². The molecule has 1 aliphatic rings. The molecule has 1 aromatic carbocycles. The van der Waals surface area contributed by atoms with E-state index in [2.05, 4.69) is 9.88 Å². The van der Waals surface area contributed by atoms with Crippen LogP contribution in [0.25, 0.3) is 0 Å². The number of halogens is 3. The van der Waals surface area contributed by atoms with Crippen LogP contribution >= 0.6 is 0 Å². The number of carbonyl (C=O) groups is 1. The zero-order valence-electron chi connectivity index (χ0n) is 14.9. The average molecular weight is 366 g/mol. The Morgan fingerprint density at radius 3 is 2.50 bits per heavy atom. The fourth-order valence-electron chi connectivity index (χ4n) is 3.29.